The number of likely N-dealkylation sites (N-methyl/N-ethyl adjacent to an activating group) is 1. The third-order valence-electron chi connectivity index (χ3n) is 3.41. The molecule has 0 aliphatic heterocycles. The van der Waals surface area contributed by atoms with E-state index in [1.54, 1.807) is 5.57 Å². The smallest absolute Gasteiger partial charge is 0.0319 e. The Morgan fingerprint density at radius 1 is 1.29 bits per heavy atom. The first-order valence-electron chi connectivity index (χ1n) is 6.71. The normalized spacial score (nSPS) is 17.6. The molecule has 17 heavy (non-hydrogen) atoms. The van der Waals surface area contributed by atoms with Crippen LogP contribution in [0.25, 0.3) is 0 Å². The maximum absolute atomic E-state index is 4.08. The molecule has 0 aromatic carbocycles. The van der Waals surface area contributed by atoms with Crippen LogP contribution in [0.3, 0.4) is 0 Å². The van der Waals surface area contributed by atoms with Gasteiger partial charge in [0.2, 0.25) is 0 Å². The minimum atomic E-state index is 0.516. The number of hydrogen-bond acceptors (Lipinski definition) is 2. The first-order chi connectivity index (χ1) is 8.40. The second-order valence-electron chi connectivity index (χ2n) is 4.69. The summed E-state index contributed by atoms with van der Waals surface area (Å²) in [5.74, 6) is 0. The van der Waals surface area contributed by atoms with Crippen LogP contribution in [0.4, 0.5) is 0 Å². The zero-order valence-electron chi connectivity index (χ0n) is 10.7. The molecule has 0 spiro atoms. The van der Waals surface area contributed by atoms with Gasteiger partial charge in [-0.2, -0.15) is 0 Å². The van der Waals surface area contributed by atoms with E-state index >= 15 is 0 Å². The summed E-state index contributed by atoms with van der Waals surface area (Å²) in [5.41, 5.74) is 2.98. The van der Waals surface area contributed by atoms with Gasteiger partial charge in [-0.25, -0.2) is 0 Å². The van der Waals surface area contributed by atoms with Gasteiger partial charge in [0.05, 0.1) is 0 Å². The van der Waals surface area contributed by atoms with Crippen molar-refractivity contribution >= 4 is 0 Å². The summed E-state index contributed by atoms with van der Waals surface area (Å²) in [4.78, 5) is 4.08. The molecule has 1 unspecified atom stereocenters. The number of allylic oxidation sites excluding steroid dienone is 1. The van der Waals surface area contributed by atoms with Crippen molar-refractivity contribution < 1.29 is 0 Å². The highest BCUT2D eigenvalue weighted by molar-refractivity contribution is 5.20. The molecular formula is C15H22N2. The van der Waals surface area contributed by atoms with Crippen molar-refractivity contribution in [2.24, 2.45) is 0 Å². The Balaban J connectivity index is 2.04. The molecule has 1 aliphatic rings. The Kier molecular flexibility index (Phi) is 4.75. The molecule has 1 aliphatic carbocycles. The molecule has 1 aromatic heterocycles. The van der Waals surface area contributed by atoms with Crippen LogP contribution < -0.4 is 5.32 Å². The van der Waals surface area contributed by atoms with E-state index in [9.17, 15) is 0 Å². The van der Waals surface area contributed by atoms with Gasteiger partial charge in [-0.3, -0.25) is 4.98 Å². The highest BCUT2D eigenvalue weighted by Crippen LogP contribution is 2.22. The summed E-state index contributed by atoms with van der Waals surface area (Å²) in [6.45, 7) is 3.22. The number of pyridine rings is 1. The second kappa shape index (κ2) is 6.55. The van der Waals surface area contributed by atoms with Crippen molar-refractivity contribution in [1.29, 1.82) is 0 Å². The van der Waals surface area contributed by atoms with Crippen molar-refractivity contribution in [3.05, 3.63) is 41.7 Å². The van der Waals surface area contributed by atoms with E-state index in [1.807, 2.05) is 12.4 Å². The Morgan fingerprint density at radius 3 is 2.76 bits per heavy atom. The highest BCUT2D eigenvalue weighted by Gasteiger charge is 2.15. The van der Waals surface area contributed by atoms with Crippen molar-refractivity contribution in [2.75, 3.05) is 6.54 Å². The minimum absolute atomic E-state index is 0.516. The molecule has 2 heteroatoms. The molecule has 2 rings (SSSR count). The van der Waals surface area contributed by atoms with Crippen LogP contribution in [-0.2, 0) is 6.42 Å². The first kappa shape index (κ1) is 12.3. The summed E-state index contributed by atoms with van der Waals surface area (Å²) in [5, 5.41) is 3.61. The minimum Gasteiger partial charge on any atom is -0.310 e. The molecular weight excluding hydrogens is 208 g/mol. The molecule has 2 nitrogen and oxygen atoms in total. The predicted molar refractivity (Wildman–Crippen MR) is 72.0 cm³/mol. The fourth-order valence-corrected chi connectivity index (χ4v) is 2.51. The van der Waals surface area contributed by atoms with Crippen molar-refractivity contribution in [3.8, 4) is 0 Å². The standard InChI is InChI=1S/C15H22N2/c1-2-17-15(14-6-4-3-5-7-14)12-13-8-10-16-11-9-13/h6,8-11,15,17H,2-5,7,12H2,1H3. The number of hydrogen-bond donors (Lipinski definition) is 1. The maximum atomic E-state index is 4.08. The molecule has 0 fully saturated rings. The Morgan fingerprint density at radius 2 is 2.12 bits per heavy atom. The van der Waals surface area contributed by atoms with E-state index in [4.69, 9.17) is 0 Å². The monoisotopic (exact) mass is 230 g/mol. The average molecular weight is 230 g/mol. The molecule has 0 saturated carbocycles. The van der Waals surface area contributed by atoms with Crippen LogP contribution in [-0.4, -0.2) is 17.6 Å². The van der Waals surface area contributed by atoms with Crippen LogP contribution in [0.5, 0.6) is 0 Å². The number of aromatic nitrogens is 1. The molecule has 0 amide bonds. The summed E-state index contributed by atoms with van der Waals surface area (Å²) >= 11 is 0. The zero-order chi connectivity index (χ0) is 11.9. The largest absolute Gasteiger partial charge is 0.310 e. The topological polar surface area (TPSA) is 24.9 Å². The lowest BCUT2D eigenvalue weighted by atomic mass is 9.90. The van der Waals surface area contributed by atoms with Gasteiger partial charge in [0, 0.05) is 18.4 Å². The first-order valence-corrected chi connectivity index (χ1v) is 6.71. The van der Waals surface area contributed by atoms with E-state index in [2.05, 4.69) is 35.4 Å². The third-order valence-corrected chi connectivity index (χ3v) is 3.41. The summed E-state index contributed by atoms with van der Waals surface area (Å²) in [6, 6.07) is 4.75. The Hall–Kier alpha value is -1.15. The van der Waals surface area contributed by atoms with Crippen LogP contribution >= 0.6 is 0 Å². The van der Waals surface area contributed by atoms with E-state index < -0.39 is 0 Å². The lowest BCUT2D eigenvalue weighted by molar-refractivity contribution is 0.541. The van der Waals surface area contributed by atoms with E-state index in [-0.39, 0.29) is 0 Å². The maximum Gasteiger partial charge on any atom is 0.0319 e. The molecule has 0 bridgehead atoms. The second-order valence-corrected chi connectivity index (χ2v) is 4.69. The molecule has 0 radical (unpaired) electrons. The van der Waals surface area contributed by atoms with E-state index in [0.29, 0.717) is 6.04 Å². The quantitative estimate of drug-likeness (QED) is 0.786. The number of rotatable bonds is 5. The fraction of sp³-hybridized carbons (Fsp3) is 0.533. The summed E-state index contributed by atoms with van der Waals surface area (Å²) in [6.07, 6.45) is 12.5. The molecule has 1 heterocycles. The summed E-state index contributed by atoms with van der Waals surface area (Å²) in [7, 11) is 0. The number of nitrogens with zero attached hydrogens (tertiary/aromatic N) is 1. The average Bonchev–Trinajstić information content (AvgIpc) is 2.40. The van der Waals surface area contributed by atoms with Gasteiger partial charge in [0.15, 0.2) is 0 Å². The van der Waals surface area contributed by atoms with Gasteiger partial charge >= 0.3 is 0 Å². The van der Waals surface area contributed by atoms with Gasteiger partial charge in [-0.1, -0.05) is 18.6 Å². The lowest BCUT2D eigenvalue weighted by Gasteiger charge is -2.24. The lowest BCUT2D eigenvalue weighted by Crippen LogP contribution is -2.33. The molecule has 1 aromatic rings. The van der Waals surface area contributed by atoms with Crippen molar-refractivity contribution in [3.63, 3.8) is 0 Å². The van der Waals surface area contributed by atoms with Crippen molar-refractivity contribution in [1.82, 2.24) is 10.3 Å². The Bertz CT molecular complexity index is 356. The SMILES string of the molecule is CCNC(Cc1ccncc1)C1=CCCCC1. The van der Waals surface area contributed by atoms with Crippen LogP contribution in [0.2, 0.25) is 0 Å². The van der Waals surface area contributed by atoms with Gasteiger partial charge in [-0.15, -0.1) is 0 Å². The molecule has 1 atom stereocenters. The summed E-state index contributed by atoms with van der Waals surface area (Å²) < 4.78 is 0. The van der Waals surface area contributed by atoms with Crippen LogP contribution in [0, 0.1) is 0 Å². The van der Waals surface area contributed by atoms with Crippen molar-refractivity contribution in [2.45, 2.75) is 45.1 Å². The Labute approximate surface area is 104 Å². The fourth-order valence-electron chi connectivity index (χ4n) is 2.51. The zero-order valence-corrected chi connectivity index (χ0v) is 10.7. The van der Waals surface area contributed by atoms with Gasteiger partial charge in [0.25, 0.3) is 0 Å². The van der Waals surface area contributed by atoms with E-state index in [0.717, 1.165) is 13.0 Å². The van der Waals surface area contributed by atoms with Gasteiger partial charge in [-0.05, 0) is 56.3 Å². The highest BCUT2D eigenvalue weighted by atomic mass is 14.9. The number of nitrogens with one attached hydrogen (secondary N) is 1. The molecule has 1 N–H and O–H groups in total. The van der Waals surface area contributed by atoms with Crippen LogP contribution in [0.15, 0.2) is 36.2 Å². The van der Waals surface area contributed by atoms with Crippen LogP contribution in [0.1, 0.15) is 38.2 Å². The third kappa shape index (κ3) is 3.67. The predicted octanol–water partition coefficient (Wildman–Crippen LogP) is 3.10. The molecule has 0 saturated heterocycles. The van der Waals surface area contributed by atoms with Gasteiger partial charge in [0.1, 0.15) is 0 Å². The van der Waals surface area contributed by atoms with Gasteiger partial charge < -0.3 is 5.32 Å². The van der Waals surface area contributed by atoms with E-state index in [1.165, 1.54) is 31.2 Å². The molecule has 92 valence electrons.